The lowest BCUT2D eigenvalue weighted by Gasteiger charge is -2.13. The van der Waals surface area contributed by atoms with Crippen LogP contribution in [-0.2, 0) is 0 Å². The fourth-order valence-electron chi connectivity index (χ4n) is 1.72. The van der Waals surface area contributed by atoms with Crippen LogP contribution in [0, 0.1) is 6.92 Å². The van der Waals surface area contributed by atoms with Crippen molar-refractivity contribution in [2.45, 2.75) is 6.92 Å². The van der Waals surface area contributed by atoms with Crippen LogP contribution in [0.15, 0.2) is 34.8 Å². The zero-order valence-corrected chi connectivity index (χ0v) is 13.5. The van der Waals surface area contributed by atoms with Gasteiger partial charge in [-0.25, -0.2) is 4.79 Å². The summed E-state index contributed by atoms with van der Waals surface area (Å²) in [7, 11) is 0. The number of hydrogen-bond donors (Lipinski definition) is 2. The highest BCUT2D eigenvalue weighted by atomic mass is 79.9. The Morgan fingerprint density at radius 1 is 1.15 bits per heavy atom. The standard InChI is InChI=1S/C14H10BrCl2NO2/c1-7-2-3-8(14(19)20)11(6-7)18-10-5-4-9(15)12(16)13(10)17/h2-6,18H,1H3,(H,19,20). The van der Waals surface area contributed by atoms with Crippen molar-refractivity contribution >= 4 is 56.5 Å². The molecule has 0 aliphatic rings. The Morgan fingerprint density at radius 3 is 2.50 bits per heavy atom. The van der Waals surface area contributed by atoms with Crippen LogP contribution in [0.5, 0.6) is 0 Å². The van der Waals surface area contributed by atoms with E-state index in [4.69, 9.17) is 23.2 Å². The van der Waals surface area contributed by atoms with Crippen molar-refractivity contribution in [1.29, 1.82) is 0 Å². The summed E-state index contributed by atoms with van der Waals surface area (Å²) in [4.78, 5) is 11.2. The number of carboxylic acids is 1. The van der Waals surface area contributed by atoms with Gasteiger partial charge in [0.05, 0.1) is 27.0 Å². The van der Waals surface area contributed by atoms with Crippen LogP contribution >= 0.6 is 39.1 Å². The van der Waals surface area contributed by atoms with Crippen molar-refractivity contribution in [3.05, 3.63) is 56.0 Å². The fraction of sp³-hybridized carbons (Fsp3) is 0.0714. The number of halogens is 3. The highest BCUT2D eigenvalue weighted by molar-refractivity contribution is 9.10. The van der Waals surface area contributed by atoms with E-state index in [-0.39, 0.29) is 5.56 Å². The lowest BCUT2D eigenvalue weighted by Crippen LogP contribution is -2.03. The quantitative estimate of drug-likeness (QED) is 0.696. The molecule has 0 bridgehead atoms. The van der Waals surface area contributed by atoms with Crippen molar-refractivity contribution in [3.8, 4) is 0 Å². The summed E-state index contributed by atoms with van der Waals surface area (Å²) in [5, 5.41) is 12.9. The zero-order valence-electron chi connectivity index (χ0n) is 10.4. The molecular formula is C14H10BrCl2NO2. The minimum atomic E-state index is -1.01. The van der Waals surface area contributed by atoms with E-state index in [1.165, 1.54) is 0 Å². The molecule has 104 valence electrons. The summed E-state index contributed by atoms with van der Waals surface area (Å²) in [6.07, 6.45) is 0. The maximum atomic E-state index is 11.2. The summed E-state index contributed by atoms with van der Waals surface area (Å²) in [6, 6.07) is 8.51. The van der Waals surface area contributed by atoms with E-state index in [2.05, 4.69) is 21.2 Å². The zero-order chi connectivity index (χ0) is 14.9. The van der Waals surface area contributed by atoms with E-state index in [0.717, 1.165) is 5.56 Å². The molecule has 0 aromatic heterocycles. The minimum absolute atomic E-state index is 0.172. The average Bonchev–Trinajstić information content (AvgIpc) is 2.39. The molecule has 0 atom stereocenters. The van der Waals surface area contributed by atoms with Crippen LogP contribution < -0.4 is 5.32 Å². The van der Waals surface area contributed by atoms with Gasteiger partial charge in [-0.2, -0.15) is 0 Å². The second kappa shape index (κ2) is 6.04. The van der Waals surface area contributed by atoms with E-state index in [1.54, 1.807) is 30.3 Å². The van der Waals surface area contributed by atoms with Crippen LogP contribution in [0.3, 0.4) is 0 Å². The highest BCUT2D eigenvalue weighted by Gasteiger charge is 2.13. The molecule has 0 heterocycles. The maximum absolute atomic E-state index is 11.2. The third-order valence-electron chi connectivity index (χ3n) is 2.71. The van der Waals surface area contributed by atoms with Crippen molar-refractivity contribution in [1.82, 2.24) is 0 Å². The molecule has 2 aromatic rings. The number of anilines is 2. The topological polar surface area (TPSA) is 49.3 Å². The molecule has 3 nitrogen and oxygen atoms in total. The summed E-state index contributed by atoms with van der Waals surface area (Å²) < 4.78 is 0.678. The number of nitrogens with one attached hydrogen (secondary N) is 1. The van der Waals surface area contributed by atoms with Gasteiger partial charge in [-0.3, -0.25) is 0 Å². The van der Waals surface area contributed by atoms with Crippen molar-refractivity contribution in [3.63, 3.8) is 0 Å². The van der Waals surface area contributed by atoms with Gasteiger partial charge in [0.25, 0.3) is 0 Å². The van der Waals surface area contributed by atoms with E-state index in [0.29, 0.717) is 25.9 Å². The summed E-state index contributed by atoms with van der Waals surface area (Å²) in [6.45, 7) is 1.88. The molecule has 20 heavy (non-hydrogen) atoms. The molecule has 2 aromatic carbocycles. The molecule has 2 N–H and O–H groups in total. The van der Waals surface area contributed by atoms with Crippen LogP contribution in [0.25, 0.3) is 0 Å². The van der Waals surface area contributed by atoms with Gasteiger partial charge >= 0.3 is 5.97 Å². The summed E-state index contributed by atoms with van der Waals surface area (Å²) >= 11 is 15.5. The third-order valence-corrected chi connectivity index (χ3v) is 4.48. The Bertz CT molecular complexity index is 689. The molecule has 6 heteroatoms. The first-order chi connectivity index (χ1) is 9.40. The lowest BCUT2D eigenvalue weighted by molar-refractivity contribution is 0.0698. The number of carboxylic acid groups (broad SMARTS) is 1. The second-order valence-corrected chi connectivity index (χ2v) is 5.81. The van der Waals surface area contributed by atoms with E-state index >= 15 is 0 Å². The first-order valence-corrected chi connectivity index (χ1v) is 7.19. The lowest BCUT2D eigenvalue weighted by atomic mass is 10.1. The Labute approximate surface area is 134 Å². The van der Waals surface area contributed by atoms with Gasteiger partial charge < -0.3 is 10.4 Å². The van der Waals surface area contributed by atoms with Crippen molar-refractivity contribution < 1.29 is 9.90 Å². The van der Waals surface area contributed by atoms with Crippen molar-refractivity contribution in [2.24, 2.45) is 0 Å². The second-order valence-electron chi connectivity index (χ2n) is 4.20. The van der Waals surface area contributed by atoms with E-state index in [9.17, 15) is 9.90 Å². The average molecular weight is 375 g/mol. The Kier molecular flexibility index (Phi) is 4.58. The smallest absolute Gasteiger partial charge is 0.337 e. The first-order valence-electron chi connectivity index (χ1n) is 5.64. The normalized spacial score (nSPS) is 10.4. The minimum Gasteiger partial charge on any atom is -0.478 e. The van der Waals surface area contributed by atoms with Gasteiger partial charge in [0, 0.05) is 4.47 Å². The molecule has 0 aliphatic heterocycles. The van der Waals surface area contributed by atoms with Crippen LogP contribution in [-0.4, -0.2) is 11.1 Å². The first kappa shape index (κ1) is 15.2. The number of benzene rings is 2. The molecular weight excluding hydrogens is 365 g/mol. The van der Waals surface area contributed by atoms with Gasteiger partial charge in [0.2, 0.25) is 0 Å². The molecule has 0 amide bonds. The summed E-state index contributed by atoms with van der Waals surface area (Å²) in [5.74, 6) is -1.01. The number of aryl methyl sites for hydroxylation is 1. The van der Waals surface area contributed by atoms with E-state index in [1.807, 2.05) is 6.92 Å². The highest BCUT2D eigenvalue weighted by Crippen LogP contribution is 2.37. The number of aromatic carboxylic acids is 1. The van der Waals surface area contributed by atoms with Gasteiger partial charge in [-0.1, -0.05) is 29.3 Å². The molecule has 0 aliphatic carbocycles. The van der Waals surface area contributed by atoms with Crippen molar-refractivity contribution in [2.75, 3.05) is 5.32 Å². The third kappa shape index (κ3) is 3.08. The fourth-order valence-corrected chi connectivity index (χ4v) is 2.54. The molecule has 0 spiro atoms. The number of carbonyl (C=O) groups is 1. The van der Waals surface area contributed by atoms with Crippen LogP contribution in [0.4, 0.5) is 11.4 Å². The largest absolute Gasteiger partial charge is 0.478 e. The van der Waals surface area contributed by atoms with Crippen LogP contribution in [0.2, 0.25) is 10.0 Å². The summed E-state index contributed by atoms with van der Waals surface area (Å²) in [5.41, 5.74) is 2.13. The predicted molar refractivity (Wildman–Crippen MR) is 85.6 cm³/mol. The maximum Gasteiger partial charge on any atom is 0.337 e. The molecule has 0 radical (unpaired) electrons. The van der Waals surface area contributed by atoms with E-state index < -0.39 is 5.97 Å². The number of hydrogen-bond acceptors (Lipinski definition) is 2. The van der Waals surface area contributed by atoms with Gasteiger partial charge in [-0.05, 0) is 52.7 Å². The molecule has 0 saturated carbocycles. The molecule has 0 fully saturated rings. The monoisotopic (exact) mass is 373 g/mol. The molecule has 2 rings (SSSR count). The molecule has 0 unspecified atom stereocenters. The Balaban J connectivity index is 2.47. The predicted octanol–water partition coefficient (Wildman–Crippen LogP) is 5.51. The van der Waals surface area contributed by atoms with Gasteiger partial charge in [0.1, 0.15) is 0 Å². The number of rotatable bonds is 3. The molecule has 0 saturated heterocycles. The Hall–Kier alpha value is -1.23. The van der Waals surface area contributed by atoms with Crippen LogP contribution in [0.1, 0.15) is 15.9 Å². The van der Waals surface area contributed by atoms with Gasteiger partial charge in [0.15, 0.2) is 0 Å². The SMILES string of the molecule is Cc1ccc(C(=O)O)c(Nc2ccc(Br)c(Cl)c2Cl)c1. The Morgan fingerprint density at radius 2 is 1.85 bits per heavy atom. The van der Waals surface area contributed by atoms with Gasteiger partial charge in [-0.15, -0.1) is 0 Å².